The standard InChI is InChI=1S/C14H23N5O/c1-11(2)17-13(20)10-18-6-8-19(9-7-18)14-12(15)4-3-5-16-14/h3-5,11H,6-10,15H2,1-2H3,(H,17,20). The molecule has 0 bridgehead atoms. The van der Waals surface area contributed by atoms with Crippen LogP contribution in [0.15, 0.2) is 18.3 Å². The number of rotatable bonds is 4. The zero-order valence-electron chi connectivity index (χ0n) is 12.2. The maximum Gasteiger partial charge on any atom is 0.234 e. The smallest absolute Gasteiger partial charge is 0.234 e. The molecule has 6 nitrogen and oxygen atoms in total. The Labute approximate surface area is 120 Å². The summed E-state index contributed by atoms with van der Waals surface area (Å²) in [6.07, 6.45) is 1.76. The number of hydrogen-bond acceptors (Lipinski definition) is 5. The van der Waals surface area contributed by atoms with E-state index in [1.165, 1.54) is 0 Å². The molecule has 1 amide bonds. The maximum atomic E-state index is 11.7. The zero-order valence-corrected chi connectivity index (χ0v) is 12.2. The third-order valence-corrected chi connectivity index (χ3v) is 3.31. The van der Waals surface area contributed by atoms with Crippen molar-refractivity contribution in [1.82, 2.24) is 15.2 Å². The molecule has 1 aromatic rings. The number of nitrogens with two attached hydrogens (primary N) is 1. The van der Waals surface area contributed by atoms with Gasteiger partial charge in [-0.1, -0.05) is 0 Å². The fourth-order valence-corrected chi connectivity index (χ4v) is 2.36. The summed E-state index contributed by atoms with van der Waals surface area (Å²) in [6.45, 7) is 7.79. The summed E-state index contributed by atoms with van der Waals surface area (Å²) in [6, 6.07) is 3.90. The van der Waals surface area contributed by atoms with Crippen molar-refractivity contribution in [3.8, 4) is 0 Å². The van der Waals surface area contributed by atoms with Crippen LogP contribution in [0.1, 0.15) is 13.8 Å². The van der Waals surface area contributed by atoms with E-state index < -0.39 is 0 Å². The van der Waals surface area contributed by atoms with Crippen molar-refractivity contribution >= 4 is 17.4 Å². The summed E-state index contributed by atoms with van der Waals surface area (Å²) in [4.78, 5) is 20.4. The Balaban J connectivity index is 1.84. The molecule has 1 saturated heterocycles. The number of carbonyl (C=O) groups excluding carboxylic acids is 1. The molecule has 2 rings (SSSR count). The lowest BCUT2D eigenvalue weighted by atomic mass is 10.2. The molecule has 0 saturated carbocycles. The van der Waals surface area contributed by atoms with Crippen LogP contribution in [0.3, 0.4) is 0 Å². The van der Waals surface area contributed by atoms with E-state index in [0.717, 1.165) is 32.0 Å². The third kappa shape index (κ3) is 3.84. The monoisotopic (exact) mass is 277 g/mol. The predicted octanol–water partition coefficient (Wildman–Crippen LogP) is 0.310. The molecule has 1 aliphatic rings. The Morgan fingerprint density at radius 3 is 2.70 bits per heavy atom. The summed E-state index contributed by atoms with van der Waals surface area (Å²) in [5.74, 6) is 0.935. The van der Waals surface area contributed by atoms with Crippen molar-refractivity contribution in [2.45, 2.75) is 19.9 Å². The van der Waals surface area contributed by atoms with E-state index in [1.807, 2.05) is 26.0 Å². The first-order valence-corrected chi connectivity index (χ1v) is 7.03. The lowest BCUT2D eigenvalue weighted by Gasteiger charge is -2.35. The van der Waals surface area contributed by atoms with Crippen molar-refractivity contribution in [2.24, 2.45) is 0 Å². The van der Waals surface area contributed by atoms with Gasteiger partial charge < -0.3 is 16.0 Å². The second kappa shape index (κ2) is 6.56. The van der Waals surface area contributed by atoms with Crippen molar-refractivity contribution < 1.29 is 4.79 Å². The Morgan fingerprint density at radius 2 is 2.10 bits per heavy atom. The van der Waals surface area contributed by atoms with Crippen LogP contribution in [0.25, 0.3) is 0 Å². The normalized spacial score (nSPS) is 16.4. The number of piperazine rings is 1. The maximum absolute atomic E-state index is 11.7. The van der Waals surface area contributed by atoms with Gasteiger partial charge in [0.2, 0.25) is 5.91 Å². The summed E-state index contributed by atoms with van der Waals surface area (Å²) < 4.78 is 0. The second-order valence-electron chi connectivity index (χ2n) is 5.40. The van der Waals surface area contributed by atoms with E-state index in [0.29, 0.717) is 12.2 Å². The molecule has 0 spiro atoms. The molecular formula is C14H23N5O. The summed E-state index contributed by atoms with van der Waals surface area (Å²) in [5.41, 5.74) is 6.65. The number of anilines is 2. The molecule has 2 heterocycles. The largest absolute Gasteiger partial charge is 0.396 e. The zero-order chi connectivity index (χ0) is 14.5. The Morgan fingerprint density at radius 1 is 1.40 bits per heavy atom. The van der Waals surface area contributed by atoms with Gasteiger partial charge in [0, 0.05) is 38.4 Å². The molecule has 0 atom stereocenters. The van der Waals surface area contributed by atoms with Crippen LogP contribution in [0.2, 0.25) is 0 Å². The number of hydrogen-bond donors (Lipinski definition) is 2. The Hall–Kier alpha value is -1.82. The van der Waals surface area contributed by atoms with E-state index >= 15 is 0 Å². The number of nitrogens with zero attached hydrogens (tertiary/aromatic N) is 3. The van der Waals surface area contributed by atoms with Crippen LogP contribution in [0.5, 0.6) is 0 Å². The van der Waals surface area contributed by atoms with Gasteiger partial charge in [-0.3, -0.25) is 9.69 Å². The molecule has 1 aromatic heterocycles. The summed E-state index contributed by atoms with van der Waals surface area (Å²) >= 11 is 0. The van der Waals surface area contributed by atoms with Crippen LogP contribution in [-0.4, -0.2) is 54.6 Å². The minimum atomic E-state index is 0.0887. The van der Waals surface area contributed by atoms with Gasteiger partial charge in [-0.2, -0.15) is 0 Å². The first kappa shape index (κ1) is 14.6. The van der Waals surface area contributed by atoms with E-state index in [1.54, 1.807) is 6.20 Å². The highest BCUT2D eigenvalue weighted by atomic mass is 16.2. The Kier molecular flexibility index (Phi) is 4.79. The van der Waals surface area contributed by atoms with E-state index in [9.17, 15) is 4.79 Å². The minimum absolute atomic E-state index is 0.0887. The van der Waals surface area contributed by atoms with Gasteiger partial charge in [0.15, 0.2) is 5.82 Å². The lowest BCUT2D eigenvalue weighted by molar-refractivity contribution is -0.122. The first-order valence-electron chi connectivity index (χ1n) is 7.03. The lowest BCUT2D eigenvalue weighted by Crippen LogP contribution is -2.50. The highest BCUT2D eigenvalue weighted by Gasteiger charge is 2.21. The van der Waals surface area contributed by atoms with E-state index in [2.05, 4.69) is 20.1 Å². The molecule has 6 heteroatoms. The number of carbonyl (C=O) groups is 1. The van der Waals surface area contributed by atoms with Gasteiger partial charge >= 0.3 is 0 Å². The van der Waals surface area contributed by atoms with Gasteiger partial charge in [-0.15, -0.1) is 0 Å². The molecule has 0 radical (unpaired) electrons. The Bertz CT molecular complexity index is 455. The molecule has 1 aliphatic heterocycles. The van der Waals surface area contributed by atoms with Gasteiger partial charge in [-0.25, -0.2) is 4.98 Å². The van der Waals surface area contributed by atoms with Crippen LogP contribution < -0.4 is 16.0 Å². The summed E-state index contributed by atoms with van der Waals surface area (Å²) in [7, 11) is 0. The highest BCUT2D eigenvalue weighted by Crippen LogP contribution is 2.20. The molecule has 3 N–H and O–H groups in total. The first-order chi connectivity index (χ1) is 9.56. The van der Waals surface area contributed by atoms with Crippen molar-refractivity contribution in [1.29, 1.82) is 0 Å². The second-order valence-corrected chi connectivity index (χ2v) is 5.40. The molecule has 0 aromatic carbocycles. The predicted molar refractivity (Wildman–Crippen MR) is 80.6 cm³/mol. The third-order valence-electron chi connectivity index (χ3n) is 3.31. The molecule has 0 aliphatic carbocycles. The number of amides is 1. The van der Waals surface area contributed by atoms with Crippen molar-refractivity contribution in [3.63, 3.8) is 0 Å². The fourth-order valence-electron chi connectivity index (χ4n) is 2.36. The quantitative estimate of drug-likeness (QED) is 0.828. The van der Waals surface area contributed by atoms with Crippen LogP contribution in [-0.2, 0) is 4.79 Å². The molecule has 0 unspecified atom stereocenters. The number of nitrogen functional groups attached to an aromatic ring is 1. The van der Waals surface area contributed by atoms with Gasteiger partial charge in [0.05, 0.1) is 12.2 Å². The minimum Gasteiger partial charge on any atom is -0.396 e. The van der Waals surface area contributed by atoms with Gasteiger partial charge in [0.25, 0.3) is 0 Å². The number of pyridine rings is 1. The topological polar surface area (TPSA) is 74.5 Å². The molecular weight excluding hydrogens is 254 g/mol. The average Bonchev–Trinajstić information content (AvgIpc) is 2.39. The van der Waals surface area contributed by atoms with Crippen LogP contribution in [0, 0.1) is 0 Å². The highest BCUT2D eigenvalue weighted by molar-refractivity contribution is 5.78. The summed E-state index contributed by atoms with van der Waals surface area (Å²) in [5, 5.41) is 2.92. The number of aromatic nitrogens is 1. The van der Waals surface area contributed by atoms with E-state index in [4.69, 9.17) is 5.73 Å². The average molecular weight is 277 g/mol. The van der Waals surface area contributed by atoms with Crippen LogP contribution >= 0.6 is 0 Å². The van der Waals surface area contributed by atoms with E-state index in [-0.39, 0.29) is 11.9 Å². The van der Waals surface area contributed by atoms with Crippen LogP contribution in [0.4, 0.5) is 11.5 Å². The molecule has 20 heavy (non-hydrogen) atoms. The fraction of sp³-hybridized carbons (Fsp3) is 0.571. The molecule has 110 valence electrons. The molecule has 1 fully saturated rings. The SMILES string of the molecule is CC(C)NC(=O)CN1CCN(c2ncccc2N)CC1. The van der Waals surface area contributed by atoms with Crippen molar-refractivity contribution in [2.75, 3.05) is 43.4 Å². The van der Waals surface area contributed by atoms with Gasteiger partial charge in [0.1, 0.15) is 0 Å². The van der Waals surface area contributed by atoms with Crippen molar-refractivity contribution in [3.05, 3.63) is 18.3 Å². The van der Waals surface area contributed by atoms with Gasteiger partial charge in [-0.05, 0) is 26.0 Å². The number of nitrogens with one attached hydrogen (secondary N) is 1.